The van der Waals surface area contributed by atoms with Crippen LogP contribution in [0.15, 0.2) is 24.3 Å². The maximum Gasteiger partial charge on any atom is 0.119 e. The van der Waals surface area contributed by atoms with Crippen LogP contribution in [-0.2, 0) is 6.54 Å². The molecule has 0 saturated heterocycles. The largest absolute Gasteiger partial charge is 0.492 e. The third-order valence-electron chi connectivity index (χ3n) is 3.67. The summed E-state index contributed by atoms with van der Waals surface area (Å²) in [6, 6.07) is 9.23. The number of ether oxygens (including phenoxy) is 1. The first-order chi connectivity index (χ1) is 9.31. The van der Waals surface area contributed by atoms with Crippen LogP contribution in [0.2, 0.25) is 0 Å². The van der Waals surface area contributed by atoms with Crippen LogP contribution < -0.4 is 10.1 Å². The molecule has 0 aromatic heterocycles. The van der Waals surface area contributed by atoms with Crippen LogP contribution >= 0.6 is 0 Å². The smallest absolute Gasteiger partial charge is 0.119 e. The van der Waals surface area contributed by atoms with Crippen molar-refractivity contribution in [2.75, 3.05) is 26.2 Å². The Morgan fingerprint density at radius 1 is 1.16 bits per heavy atom. The van der Waals surface area contributed by atoms with Crippen LogP contribution in [0, 0.1) is 0 Å². The van der Waals surface area contributed by atoms with E-state index in [4.69, 9.17) is 4.74 Å². The van der Waals surface area contributed by atoms with Gasteiger partial charge in [0, 0.05) is 19.1 Å². The lowest BCUT2D eigenvalue weighted by Gasteiger charge is -2.18. The zero-order valence-electron chi connectivity index (χ0n) is 12.2. The molecular formula is C16H26N2O. The topological polar surface area (TPSA) is 24.5 Å². The first kappa shape index (κ1) is 14.4. The molecule has 0 aliphatic heterocycles. The minimum atomic E-state index is 0.765. The summed E-state index contributed by atoms with van der Waals surface area (Å²) in [5, 5.41) is 3.52. The second kappa shape index (κ2) is 7.51. The molecule has 0 heterocycles. The predicted octanol–water partition coefficient (Wildman–Crippen LogP) is 2.66. The number of rotatable bonds is 9. The van der Waals surface area contributed by atoms with E-state index in [-0.39, 0.29) is 0 Å². The molecule has 0 atom stereocenters. The van der Waals surface area contributed by atoms with Crippen molar-refractivity contribution in [3.8, 4) is 5.75 Å². The van der Waals surface area contributed by atoms with Crippen LogP contribution in [0.25, 0.3) is 0 Å². The highest BCUT2D eigenvalue weighted by molar-refractivity contribution is 5.27. The average molecular weight is 262 g/mol. The van der Waals surface area contributed by atoms with Gasteiger partial charge in [0.2, 0.25) is 0 Å². The molecule has 2 rings (SSSR count). The summed E-state index contributed by atoms with van der Waals surface area (Å²) in [5.74, 6) is 0.974. The minimum Gasteiger partial charge on any atom is -0.492 e. The van der Waals surface area contributed by atoms with Crippen molar-refractivity contribution in [2.45, 2.75) is 39.3 Å². The summed E-state index contributed by atoms with van der Waals surface area (Å²) in [6.45, 7) is 9.29. The molecular weight excluding hydrogens is 236 g/mol. The minimum absolute atomic E-state index is 0.765. The number of benzene rings is 1. The van der Waals surface area contributed by atoms with Gasteiger partial charge in [-0.05, 0) is 43.6 Å². The predicted molar refractivity (Wildman–Crippen MR) is 79.6 cm³/mol. The maximum absolute atomic E-state index is 5.77. The quantitative estimate of drug-likeness (QED) is 0.740. The van der Waals surface area contributed by atoms with Gasteiger partial charge in [-0.3, -0.25) is 0 Å². The molecule has 1 saturated carbocycles. The molecule has 0 unspecified atom stereocenters. The molecule has 1 aromatic rings. The zero-order chi connectivity index (χ0) is 13.5. The SMILES string of the molecule is CCN(CC)CCOc1ccc(CNC2CC2)cc1. The zero-order valence-corrected chi connectivity index (χ0v) is 12.2. The van der Waals surface area contributed by atoms with Crippen molar-refractivity contribution in [1.29, 1.82) is 0 Å². The summed E-state index contributed by atoms with van der Waals surface area (Å²) in [5.41, 5.74) is 1.34. The molecule has 0 bridgehead atoms. The molecule has 1 aromatic carbocycles. The number of hydrogen-bond donors (Lipinski definition) is 1. The van der Waals surface area contributed by atoms with Crippen molar-refractivity contribution in [3.05, 3.63) is 29.8 Å². The van der Waals surface area contributed by atoms with Gasteiger partial charge in [-0.1, -0.05) is 26.0 Å². The van der Waals surface area contributed by atoms with Crippen molar-refractivity contribution < 1.29 is 4.74 Å². The monoisotopic (exact) mass is 262 g/mol. The Labute approximate surface area is 116 Å². The van der Waals surface area contributed by atoms with E-state index in [0.29, 0.717) is 0 Å². The lowest BCUT2D eigenvalue weighted by molar-refractivity contribution is 0.223. The summed E-state index contributed by atoms with van der Waals surface area (Å²) < 4.78 is 5.77. The Kier molecular flexibility index (Phi) is 5.67. The molecule has 1 N–H and O–H groups in total. The summed E-state index contributed by atoms with van der Waals surface area (Å²) >= 11 is 0. The highest BCUT2D eigenvalue weighted by atomic mass is 16.5. The third kappa shape index (κ3) is 5.21. The summed E-state index contributed by atoms with van der Waals surface area (Å²) in [6.07, 6.45) is 2.68. The highest BCUT2D eigenvalue weighted by Crippen LogP contribution is 2.19. The lowest BCUT2D eigenvalue weighted by Crippen LogP contribution is -2.27. The summed E-state index contributed by atoms with van der Waals surface area (Å²) in [4.78, 5) is 2.37. The van der Waals surface area contributed by atoms with Crippen LogP contribution in [-0.4, -0.2) is 37.2 Å². The molecule has 0 radical (unpaired) electrons. The Balaban J connectivity index is 1.68. The Hall–Kier alpha value is -1.06. The van der Waals surface area contributed by atoms with Crippen molar-refractivity contribution >= 4 is 0 Å². The van der Waals surface area contributed by atoms with Gasteiger partial charge in [-0.25, -0.2) is 0 Å². The molecule has 1 aliphatic carbocycles. The number of hydrogen-bond acceptors (Lipinski definition) is 3. The molecule has 1 fully saturated rings. The molecule has 3 nitrogen and oxygen atoms in total. The van der Waals surface area contributed by atoms with E-state index in [9.17, 15) is 0 Å². The van der Waals surface area contributed by atoms with Crippen molar-refractivity contribution in [3.63, 3.8) is 0 Å². The van der Waals surface area contributed by atoms with Crippen LogP contribution in [0.3, 0.4) is 0 Å². The van der Waals surface area contributed by atoms with Gasteiger partial charge < -0.3 is 15.0 Å². The molecule has 106 valence electrons. The van der Waals surface area contributed by atoms with Gasteiger partial charge in [0.15, 0.2) is 0 Å². The van der Waals surface area contributed by atoms with Gasteiger partial charge in [0.1, 0.15) is 12.4 Å². The van der Waals surface area contributed by atoms with E-state index >= 15 is 0 Å². The normalized spacial score (nSPS) is 14.9. The maximum atomic E-state index is 5.77. The fraction of sp³-hybridized carbons (Fsp3) is 0.625. The van der Waals surface area contributed by atoms with Crippen molar-refractivity contribution in [2.24, 2.45) is 0 Å². The van der Waals surface area contributed by atoms with Gasteiger partial charge in [0.25, 0.3) is 0 Å². The van der Waals surface area contributed by atoms with Crippen LogP contribution in [0.4, 0.5) is 0 Å². The fourth-order valence-electron chi connectivity index (χ4n) is 2.09. The van der Waals surface area contributed by atoms with Gasteiger partial charge in [0.05, 0.1) is 0 Å². The molecule has 0 amide bonds. The van der Waals surface area contributed by atoms with Crippen LogP contribution in [0.1, 0.15) is 32.3 Å². The van der Waals surface area contributed by atoms with E-state index < -0.39 is 0 Å². The fourth-order valence-corrected chi connectivity index (χ4v) is 2.09. The first-order valence-electron chi connectivity index (χ1n) is 7.49. The second-order valence-electron chi connectivity index (χ2n) is 5.17. The first-order valence-corrected chi connectivity index (χ1v) is 7.49. The third-order valence-corrected chi connectivity index (χ3v) is 3.67. The van der Waals surface area contributed by atoms with Gasteiger partial charge >= 0.3 is 0 Å². The van der Waals surface area contributed by atoms with Crippen molar-refractivity contribution in [1.82, 2.24) is 10.2 Å². The summed E-state index contributed by atoms with van der Waals surface area (Å²) in [7, 11) is 0. The van der Waals surface area contributed by atoms with E-state index in [1.165, 1.54) is 18.4 Å². The van der Waals surface area contributed by atoms with E-state index in [1.54, 1.807) is 0 Å². The Bertz CT molecular complexity index is 356. The average Bonchev–Trinajstić information content (AvgIpc) is 3.27. The van der Waals surface area contributed by atoms with Crippen LogP contribution in [0.5, 0.6) is 5.75 Å². The Morgan fingerprint density at radius 3 is 2.42 bits per heavy atom. The van der Waals surface area contributed by atoms with Gasteiger partial charge in [-0.15, -0.1) is 0 Å². The second-order valence-corrected chi connectivity index (χ2v) is 5.17. The molecule has 1 aliphatic rings. The standard InChI is InChI=1S/C16H26N2O/c1-3-18(4-2)11-12-19-16-9-5-14(6-10-16)13-17-15-7-8-15/h5-6,9-10,15,17H,3-4,7-8,11-13H2,1-2H3. The number of nitrogens with one attached hydrogen (secondary N) is 1. The number of likely N-dealkylation sites (N-methyl/N-ethyl adjacent to an activating group) is 1. The van der Waals surface area contributed by atoms with E-state index in [0.717, 1.165) is 44.6 Å². The molecule has 19 heavy (non-hydrogen) atoms. The molecule has 3 heteroatoms. The Morgan fingerprint density at radius 2 is 1.84 bits per heavy atom. The number of nitrogens with zero attached hydrogens (tertiary/aromatic N) is 1. The highest BCUT2D eigenvalue weighted by Gasteiger charge is 2.19. The lowest BCUT2D eigenvalue weighted by atomic mass is 10.2. The molecule has 0 spiro atoms. The van der Waals surface area contributed by atoms with E-state index in [1.807, 2.05) is 0 Å². The van der Waals surface area contributed by atoms with E-state index in [2.05, 4.69) is 48.3 Å². The van der Waals surface area contributed by atoms with Gasteiger partial charge in [-0.2, -0.15) is 0 Å².